The molecule has 0 aliphatic heterocycles. The summed E-state index contributed by atoms with van der Waals surface area (Å²) in [5.74, 6) is 0.809. The monoisotopic (exact) mass is 218 g/mol. The molecule has 79 valence electrons. The maximum atomic E-state index is 8.74. The van der Waals surface area contributed by atoms with Crippen molar-refractivity contribution in [3.63, 3.8) is 0 Å². The highest BCUT2D eigenvalue weighted by Gasteiger charge is 2.04. The minimum atomic E-state index is 0.651. The summed E-state index contributed by atoms with van der Waals surface area (Å²) in [6.07, 6.45) is 0. The van der Waals surface area contributed by atoms with Crippen molar-refractivity contribution in [1.82, 2.24) is 9.97 Å². The molecule has 0 fully saturated rings. The van der Waals surface area contributed by atoms with E-state index in [1.807, 2.05) is 30.3 Å². The molecule has 2 aromatic carbocycles. The van der Waals surface area contributed by atoms with Crippen molar-refractivity contribution in [2.24, 2.45) is 0 Å². The third-order valence-corrected chi connectivity index (χ3v) is 2.61. The smallest absolute Gasteiger partial charge is 0.138 e. The average molecular weight is 218 g/mol. The Bertz CT molecular complexity index is 669. The second-order valence-corrected chi connectivity index (χ2v) is 3.72. The number of nitrogens with one attached hydrogen (secondary N) is 1. The van der Waals surface area contributed by atoms with Gasteiger partial charge in [-0.25, -0.2) is 4.98 Å². The Morgan fingerprint density at radius 2 is 2.00 bits per heavy atom. The fourth-order valence-corrected chi connectivity index (χ4v) is 1.74. The average Bonchev–Trinajstić information content (AvgIpc) is 2.82. The summed E-state index contributed by atoms with van der Waals surface area (Å²) < 4.78 is 0. The molecule has 1 N–H and O–H groups in total. The summed E-state index contributed by atoms with van der Waals surface area (Å²) in [7, 11) is 0. The Kier molecular flexibility index (Phi) is 2.13. The van der Waals surface area contributed by atoms with Crippen LogP contribution in [-0.2, 0) is 0 Å². The van der Waals surface area contributed by atoms with E-state index in [1.165, 1.54) is 0 Å². The van der Waals surface area contributed by atoms with E-state index in [2.05, 4.69) is 22.1 Å². The van der Waals surface area contributed by atoms with Crippen LogP contribution in [0.2, 0.25) is 0 Å². The standard InChI is InChI=1S/C14H8N3/c15-9-10-5-7-11(8-6-10)14-16-12-3-1-2-4-13(12)17-14/h1,3-8H,(H,16,17). The van der Waals surface area contributed by atoms with E-state index < -0.39 is 0 Å². The highest BCUT2D eigenvalue weighted by Crippen LogP contribution is 2.20. The number of imidazole rings is 1. The van der Waals surface area contributed by atoms with Gasteiger partial charge in [0.2, 0.25) is 0 Å². The van der Waals surface area contributed by atoms with E-state index in [0.29, 0.717) is 5.56 Å². The van der Waals surface area contributed by atoms with Crippen molar-refractivity contribution < 1.29 is 0 Å². The maximum Gasteiger partial charge on any atom is 0.138 e. The molecule has 0 amide bonds. The Hall–Kier alpha value is -2.60. The van der Waals surface area contributed by atoms with Crippen LogP contribution in [0.1, 0.15) is 5.56 Å². The van der Waals surface area contributed by atoms with Crippen molar-refractivity contribution in [3.8, 4) is 17.5 Å². The topological polar surface area (TPSA) is 52.5 Å². The number of rotatable bonds is 1. The number of benzene rings is 2. The fraction of sp³-hybridized carbons (Fsp3) is 0. The summed E-state index contributed by atoms with van der Waals surface area (Å²) in [5, 5.41) is 8.74. The van der Waals surface area contributed by atoms with Crippen LogP contribution in [0, 0.1) is 17.4 Å². The number of fused-ring (bicyclic) bond motifs is 1. The SMILES string of the molecule is N#Cc1ccc(-c2nc3c[c]ccc3[nH]2)cc1. The Balaban J connectivity index is 2.11. The molecule has 0 bridgehead atoms. The number of aromatic amines is 1. The summed E-state index contributed by atoms with van der Waals surface area (Å²) in [5.41, 5.74) is 3.51. The van der Waals surface area contributed by atoms with Gasteiger partial charge in [-0.3, -0.25) is 0 Å². The molecule has 1 radical (unpaired) electrons. The van der Waals surface area contributed by atoms with E-state index in [-0.39, 0.29) is 0 Å². The van der Waals surface area contributed by atoms with Crippen molar-refractivity contribution in [2.45, 2.75) is 0 Å². The van der Waals surface area contributed by atoms with Crippen LogP contribution in [0.4, 0.5) is 0 Å². The van der Waals surface area contributed by atoms with Gasteiger partial charge in [0.05, 0.1) is 22.7 Å². The van der Waals surface area contributed by atoms with Crippen LogP contribution in [0.15, 0.2) is 42.5 Å². The van der Waals surface area contributed by atoms with Gasteiger partial charge >= 0.3 is 0 Å². The first kappa shape index (κ1) is 9.61. The number of nitriles is 1. The van der Waals surface area contributed by atoms with Crippen LogP contribution in [0.3, 0.4) is 0 Å². The molecule has 0 aliphatic carbocycles. The Labute approximate surface area is 98.4 Å². The van der Waals surface area contributed by atoms with Crippen LogP contribution >= 0.6 is 0 Å². The quantitative estimate of drug-likeness (QED) is 0.682. The van der Waals surface area contributed by atoms with Gasteiger partial charge in [-0.2, -0.15) is 5.26 Å². The lowest BCUT2D eigenvalue weighted by Gasteiger charge is -1.95. The first-order chi connectivity index (χ1) is 8.36. The summed E-state index contributed by atoms with van der Waals surface area (Å²) in [4.78, 5) is 7.70. The first-order valence-electron chi connectivity index (χ1n) is 5.23. The lowest BCUT2D eigenvalue weighted by Crippen LogP contribution is -1.80. The van der Waals surface area contributed by atoms with Gasteiger partial charge in [0, 0.05) is 5.56 Å². The molecule has 3 heteroatoms. The van der Waals surface area contributed by atoms with Crippen molar-refractivity contribution >= 4 is 11.0 Å². The molecule has 17 heavy (non-hydrogen) atoms. The van der Waals surface area contributed by atoms with Gasteiger partial charge in [0.1, 0.15) is 5.82 Å². The van der Waals surface area contributed by atoms with Gasteiger partial charge in [-0.1, -0.05) is 6.07 Å². The zero-order valence-electron chi connectivity index (χ0n) is 8.94. The first-order valence-corrected chi connectivity index (χ1v) is 5.23. The molecule has 0 saturated heterocycles. The molecule has 0 unspecified atom stereocenters. The van der Waals surface area contributed by atoms with Crippen molar-refractivity contribution in [1.29, 1.82) is 5.26 Å². The molecule has 3 rings (SSSR count). The largest absolute Gasteiger partial charge is 0.338 e. The van der Waals surface area contributed by atoms with Crippen LogP contribution in [0.5, 0.6) is 0 Å². The van der Waals surface area contributed by atoms with Crippen LogP contribution in [0.25, 0.3) is 22.4 Å². The van der Waals surface area contributed by atoms with E-state index in [4.69, 9.17) is 5.26 Å². The van der Waals surface area contributed by atoms with Gasteiger partial charge < -0.3 is 4.98 Å². The van der Waals surface area contributed by atoms with Crippen molar-refractivity contribution in [2.75, 3.05) is 0 Å². The molecule has 0 spiro atoms. The third kappa shape index (κ3) is 1.66. The summed E-state index contributed by atoms with van der Waals surface area (Å²) in [6.45, 7) is 0. The van der Waals surface area contributed by atoms with Crippen LogP contribution < -0.4 is 0 Å². The second-order valence-electron chi connectivity index (χ2n) is 3.72. The number of hydrogen-bond acceptors (Lipinski definition) is 2. The normalized spacial score (nSPS) is 10.3. The fourth-order valence-electron chi connectivity index (χ4n) is 1.74. The molecule has 1 aromatic heterocycles. The summed E-state index contributed by atoms with van der Waals surface area (Å²) in [6, 6.07) is 18.1. The van der Waals surface area contributed by atoms with Gasteiger partial charge in [0.25, 0.3) is 0 Å². The predicted molar refractivity (Wildman–Crippen MR) is 65.1 cm³/mol. The Morgan fingerprint density at radius 3 is 2.71 bits per heavy atom. The molecular weight excluding hydrogens is 210 g/mol. The number of nitrogens with zero attached hydrogens (tertiary/aromatic N) is 2. The number of hydrogen-bond donors (Lipinski definition) is 1. The molecule has 1 heterocycles. The second kappa shape index (κ2) is 3.76. The van der Waals surface area contributed by atoms with Crippen LogP contribution in [-0.4, -0.2) is 9.97 Å². The van der Waals surface area contributed by atoms with Crippen molar-refractivity contribution in [3.05, 3.63) is 54.1 Å². The van der Waals surface area contributed by atoms with Gasteiger partial charge in [0.15, 0.2) is 0 Å². The third-order valence-electron chi connectivity index (χ3n) is 2.61. The minimum Gasteiger partial charge on any atom is -0.338 e. The Morgan fingerprint density at radius 1 is 1.18 bits per heavy atom. The number of aromatic nitrogens is 2. The molecule has 0 atom stereocenters. The molecule has 0 saturated carbocycles. The predicted octanol–water partition coefficient (Wildman–Crippen LogP) is 2.90. The van der Waals surface area contributed by atoms with E-state index in [9.17, 15) is 0 Å². The van der Waals surface area contributed by atoms with E-state index >= 15 is 0 Å². The van der Waals surface area contributed by atoms with E-state index in [1.54, 1.807) is 12.1 Å². The minimum absolute atomic E-state index is 0.651. The number of H-pyrrole nitrogens is 1. The molecular formula is C14H8N3. The van der Waals surface area contributed by atoms with Gasteiger partial charge in [-0.15, -0.1) is 0 Å². The highest BCUT2D eigenvalue weighted by molar-refractivity contribution is 5.79. The maximum absolute atomic E-state index is 8.74. The zero-order chi connectivity index (χ0) is 11.7. The highest BCUT2D eigenvalue weighted by atomic mass is 14.9. The molecule has 0 aliphatic rings. The molecule has 3 nitrogen and oxygen atoms in total. The summed E-state index contributed by atoms with van der Waals surface area (Å²) >= 11 is 0. The lowest BCUT2D eigenvalue weighted by molar-refractivity contribution is 1.33. The van der Waals surface area contributed by atoms with Gasteiger partial charge in [-0.05, 0) is 42.5 Å². The molecule has 3 aromatic rings. The zero-order valence-corrected chi connectivity index (χ0v) is 8.94. The lowest BCUT2D eigenvalue weighted by atomic mass is 10.1. The van der Waals surface area contributed by atoms with E-state index in [0.717, 1.165) is 22.4 Å².